The van der Waals surface area contributed by atoms with Crippen LogP contribution in [-0.4, -0.2) is 37.2 Å². The number of carbonyl (C=O) groups excluding carboxylic acids is 1. The summed E-state index contributed by atoms with van der Waals surface area (Å²) in [5.74, 6) is 2.14. The van der Waals surface area contributed by atoms with Crippen LogP contribution >= 0.6 is 15.9 Å². The zero-order valence-electron chi connectivity index (χ0n) is 15.8. The average molecular weight is 434 g/mol. The molecule has 144 valence electrons. The van der Waals surface area contributed by atoms with E-state index >= 15 is 0 Å². The van der Waals surface area contributed by atoms with Crippen molar-refractivity contribution in [1.29, 1.82) is 0 Å². The van der Waals surface area contributed by atoms with E-state index in [9.17, 15) is 4.79 Å². The summed E-state index contributed by atoms with van der Waals surface area (Å²) in [6, 6.07) is 13.4. The Hall–Kier alpha value is -2.21. The van der Waals surface area contributed by atoms with Gasteiger partial charge in [-0.3, -0.25) is 4.79 Å². The van der Waals surface area contributed by atoms with Crippen LogP contribution in [0.3, 0.4) is 0 Å². The summed E-state index contributed by atoms with van der Waals surface area (Å²) in [5, 5.41) is 0. The highest BCUT2D eigenvalue weighted by Gasteiger charge is 2.35. The van der Waals surface area contributed by atoms with Crippen LogP contribution in [0.15, 0.2) is 46.9 Å². The predicted octanol–water partition coefficient (Wildman–Crippen LogP) is 4.42. The first-order valence-electron chi connectivity index (χ1n) is 8.95. The lowest BCUT2D eigenvalue weighted by molar-refractivity contribution is -0.139. The summed E-state index contributed by atoms with van der Waals surface area (Å²) in [6.45, 7) is 2.26. The lowest BCUT2D eigenvalue weighted by Gasteiger charge is -2.27. The summed E-state index contributed by atoms with van der Waals surface area (Å²) in [6.07, 6.45) is 1.47. The van der Waals surface area contributed by atoms with Crippen LogP contribution in [0.5, 0.6) is 17.2 Å². The molecule has 0 spiro atoms. The SMILES string of the molecule is COc1ccc(OC)c(CN(C(=O)C(C)Oc2ccc(Br)cc2)C2CC2)c1. The van der Waals surface area contributed by atoms with Crippen molar-refractivity contribution in [1.82, 2.24) is 4.90 Å². The van der Waals surface area contributed by atoms with Crippen molar-refractivity contribution in [2.24, 2.45) is 0 Å². The van der Waals surface area contributed by atoms with E-state index < -0.39 is 6.10 Å². The van der Waals surface area contributed by atoms with E-state index in [0.29, 0.717) is 12.3 Å². The Morgan fingerprint density at radius 2 is 1.78 bits per heavy atom. The van der Waals surface area contributed by atoms with Gasteiger partial charge in [0.1, 0.15) is 17.2 Å². The van der Waals surface area contributed by atoms with Crippen molar-refractivity contribution in [2.45, 2.75) is 38.5 Å². The van der Waals surface area contributed by atoms with Crippen LogP contribution in [0, 0.1) is 0 Å². The molecule has 1 aliphatic carbocycles. The Kier molecular flexibility index (Phi) is 6.26. The molecule has 0 saturated heterocycles. The van der Waals surface area contributed by atoms with Gasteiger partial charge in [-0.2, -0.15) is 0 Å². The number of benzene rings is 2. The van der Waals surface area contributed by atoms with Gasteiger partial charge in [-0.25, -0.2) is 0 Å². The van der Waals surface area contributed by atoms with Crippen LogP contribution in [0.4, 0.5) is 0 Å². The summed E-state index contributed by atoms with van der Waals surface area (Å²) < 4.78 is 17.6. The molecule has 3 rings (SSSR count). The second-order valence-corrected chi connectivity index (χ2v) is 7.50. The maximum absolute atomic E-state index is 13.1. The maximum atomic E-state index is 13.1. The van der Waals surface area contributed by atoms with Gasteiger partial charge < -0.3 is 19.1 Å². The molecule has 1 unspecified atom stereocenters. The molecule has 5 nitrogen and oxygen atoms in total. The van der Waals surface area contributed by atoms with Gasteiger partial charge in [0.25, 0.3) is 5.91 Å². The highest BCUT2D eigenvalue weighted by atomic mass is 79.9. The maximum Gasteiger partial charge on any atom is 0.263 e. The number of ether oxygens (including phenoxy) is 3. The quantitative estimate of drug-likeness (QED) is 0.617. The molecule has 2 aromatic rings. The van der Waals surface area contributed by atoms with Crippen molar-refractivity contribution < 1.29 is 19.0 Å². The zero-order chi connectivity index (χ0) is 19.4. The van der Waals surface area contributed by atoms with Crippen LogP contribution in [0.2, 0.25) is 0 Å². The fourth-order valence-electron chi connectivity index (χ4n) is 2.96. The first kappa shape index (κ1) is 19.5. The van der Waals surface area contributed by atoms with E-state index in [2.05, 4.69) is 15.9 Å². The first-order chi connectivity index (χ1) is 13.0. The van der Waals surface area contributed by atoms with Gasteiger partial charge in [0.05, 0.1) is 14.2 Å². The van der Waals surface area contributed by atoms with Gasteiger partial charge in [0.15, 0.2) is 6.10 Å². The minimum Gasteiger partial charge on any atom is -0.497 e. The fraction of sp³-hybridized carbons (Fsp3) is 0.381. The Morgan fingerprint density at radius 1 is 1.11 bits per heavy atom. The molecule has 1 aliphatic rings. The Morgan fingerprint density at radius 3 is 2.37 bits per heavy atom. The van der Waals surface area contributed by atoms with E-state index in [1.807, 2.05) is 47.4 Å². The molecule has 0 N–H and O–H groups in total. The van der Waals surface area contributed by atoms with Crippen molar-refractivity contribution in [2.75, 3.05) is 14.2 Å². The smallest absolute Gasteiger partial charge is 0.263 e. The Labute approximate surface area is 168 Å². The highest BCUT2D eigenvalue weighted by Crippen LogP contribution is 2.33. The third-order valence-corrected chi connectivity index (χ3v) is 5.10. The number of hydrogen-bond donors (Lipinski definition) is 0. The lowest BCUT2D eigenvalue weighted by Crippen LogP contribution is -2.41. The zero-order valence-corrected chi connectivity index (χ0v) is 17.4. The van der Waals surface area contributed by atoms with Crippen molar-refractivity contribution in [3.8, 4) is 17.2 Å². The molecular weight excluding hydrogens is 410 g/mol. The molecule has 1 saturated carbocycles. The van der Waals surface area contributed by atoms with E-state index in [-0.39, 0.29) is 11.9 Å². The first-order valence-corrected chi connectivity index (χ1v) is 9.74. The van der Waals surface area contributed by atoms with Gasteiger partial charge in [0, 0.05) is 22.6 Å². The number of amides is 1. The van der Waals surface area contributed by atoms with Crippen molar-refractivity contribution >= 4 is 21.8 Å². The van der Waals surface area contributed by atoms with Crippen LogP contribution in [0.1, 0.15) is 25.3 Å². The van der Waals surface area contributed by atoms with Crippen LogP contribution < -0.4 is 14.2 Å². The van der Waals surface area contributed by atoms with E-state index in [0.717, 1.165) is 34.4 Å². The van der Waals surface area contributed by atoms with E-state index in [1.54, 1.807) is 21.1 Å². The molecule has 0 heterocycles. The molecule has 6 heteroatoms. The highest BCUT2D eigenvalue weighted by molar-refractivity contribution is 9.10. The van der Waals surface area contributed by atoms with Crippen LogP contribution in [-0.2, 0) is 11.3 Å². The standard InChI is InChI=1S/C21H24BrNO4/c1-14(27-18-8-4-16(22)5-9-18)21(24)23(17-6-7-17)13-15-12-19(25-2)10-11-20(15)26-3/h4-5,8-12,14,17H,6-7,13H2,1-3H3. The molecule has 27 heavy (non-hydrogen) atoms. The summed E-state index contributed by atoms with van der Waals surface area (Å²) >= 11 is 3.40. The molecule has 1 atom stereocenters. The van der Waals surface area contributed by atoms with Gasteiger partial charge in [-0.05, 0) is 62.2 Å². The number of hydrogen-bond acceptors (Lipinski definition) is 4. The van der Waals surface area contributed by atoms with Gasteiger partial charge in [-0.15, -0.1) is 0 Å². The lowest BCUT2D eigenvalue weighted by atomic mass is 10.1. The van der Waals surface area contributed by atoms with Gasteiger partial charge >= 0.3 is 0 Å². The van der Waals surface area contributed by atoms with E-state index in [1.165, 1.54) is 0 Å². The second-order valence-electron chi connectivity index (χ2n) is 6.59. The minimum atomic E-state index is -0.566. The second kappa shape index (κ2) is 8.65. The number of nitrogens with zero attached hydrogens (tertiary/aromatic N) is 1. The van der Waals surface area contributed by atoms with Gasteiger partial charge in [0.2, 0.25) is 0 Å². The Balaban J connectivity index is 1.75. The molecule has 0 bridgehead atoms. The molecule has 1 amide bonds. The third kappa shape index (κ3) is 4.95. The Bertz CT molecular complexity index is 789. The van der Waals surface area contributed by atoms with Crippen molar-refractivity contribution in [3.05, 3.63) is 52.5 Å². The summed E-state index contributed by atoms with van der Waals surface area (Å²) in [4.78, 5) is 15.0. The summed E-state index contributed by atoms with van der Waals surface area (Å²) in [7, 11) is 3.26. The molecule has 0 radical (unpaired) electrons. The molecular formula is C21H24BrNO4. The fourth-order valence-corrected chi connectivity index (χ4v) is 3.23. The van der Waals surface area contributed by atoms with Crippen LogP contribution in [0.25, 0.3) is 0 Å². The monoisotopic (exact) mass is 433 g/mol. The molecule has 0 aromatic heterocycles. The number of halogens is 1. The number of methoxy groups -OCH3 is 2. The summed E-state index contributed by atoms with van der Waals surface area (Å²) in [5.41, 5.74) is 0.924. The normalized spacial score (nSPS) is 14.4. The molecule has 2 aromatic carbocycles. The molecule has 1 fully saturated rings. The topological polar surface area (TPSA) is 48.0 Å². The van der Waals surface area contributed by atoms with E-state index in [4.69, 9.17) is 14.2 Å². The largest absolute Gasteiger partial charge is 0.497 e. The number of carbonyl (C=O) groups is 1. The number of rotatable bonds is 8. The minimum absolute atomic E-state index is 0.0229. The van der Waals surface area contributed by atoms with Crippen molar-refractivity contribution in [3.63, 3.8) is 0 Å². The van der Waals surface area contributed by atoms with Gasteiger partial charge in [-0.1, -0.05) is 15.9 Å². The third-order valence-electron chi connectivity index (χ3n) is 4.57. The average Bonchev–Trinajstić information content (AvgIpc) is 3.52. The predicted molar refractivity (Wildman–Crippen MR) is 107 cm³/mol. The molecule has 0 aliphatic heterocycles.